The Hall–Kier alpha value is -1.37. The number of imidazole rings is 1. The second-order valence-corrected chi connectivity index (χ2v) is 6.09. The molecule has 5 nitrogen and oxygen atoms in total. The van der Waals surface area contributed by atoms with Gasteiger partial charge in [0.05, 0.1) is 0 Å². The van der Waals surface area contributed by atoms with Gasteiger partial charge < -0.3 is 0 Å². The maximum atomic E-state index is 12.6. The number of likely N-dealkylation sites (N-methyl/N-ethyl adjacent to an activating group) is 1. The first-order chi connectivity index (χ1) is 9.02. The minimum Gasteiger partial charge on any atom is -0.288 e. The van der Waals surface area contributed by atoms with Crippen LogP contribution in [-0.2, 0) is 10.0 Å². The van der Waals surface area contributed by atoms with Crippen molar-refractivity contribution in [2.45, 2.75) is 11.9 Å². The predicted octanol–water partition coefficient (Wildman–Crippen LogP) is 2.18. The Morgan fingerprint density at radius 2 is 2.26 bits per heavy atom. The largest absolute Gasteiger partial charge is 0.288 e. The van der Waals surface area contributed by atoms with Crippen LogP contribution in [0.3, 0.4) is 0 Å². The smallest absolute Gasteiger partial charge is 0.262 e. The number of halogens is 1. The molecule has 0 saturated carbocycles. The lowest BCUT2D eigenvalue weighted by molar-refractivity contribution is 0.456. The fourth-order valence-electron chi connectivity index (χ4n) is 1.84. The summed E-state index contributed by atoms with van der Waals surface area (Å²) in [5, 5.41) is -0.0258. The van der Waals surface area contributed by atoms with E-state index >= 15 is 0 Å². The zero-order chi connectivity index (χ0) is 14.0. The van der Waals surface area contributed by atoms with Gasteiger partial charge >= 0.3 is 0 Å². The molecule has 0 amide bonds. The van der Waals surface area contributed by atoms with Crippen LogP contribution >= 0.6 is 11.6 Å². The van der Waals surface area contributed by atoms with Crippen molar-refractivity contribution < 1.29 is 8.42 Å². The van der Waals surface area contributed by atoms with Crippen LogP contribution in [-0.4, -0.2) is 35.2 Å². The van der Waals surface area contributed by atoms with Crippen LogP contribution in [0.5, 0.6) is 0 Å². The quantitative estimate of drug-likeness (QED) is 0.795. The van der Waals surface area contributed by atoms with E-state index in [0.717, 1.165) is 0 Å². The van der Waals surface area contributed by atoms with E-state index in [0.29, 0.717) is 12.2 Å². The Morgan fingerprint density at radius 1 is 1.53 bits per heavy atom. The van der Waals surface area contributed by atoms with Crippen LogP contribution in [0.1, 0.15) is 6.92 Å². The molecule has 0 unspecified atom stereocenters. The monoisotopic (exact) mass is 299 g/mol. The molecule has 0 aromatic carbocycles. The SMILES string of the molecule is C=CCN(CC)S(=O)(=O)c1c(Cl)nc2ccccn12. The molecule has 2 rings (SSSR count). The van der Waals surface area contributed by atoms with Crippen molar-refractivity contribution in [3.63, 3.8) is 0 Å². The van der Waals surface area contributed by atoms with Crippen molar-refractivity contribution in [1.82, 2.24) is 13.7 Å². The van der Waals surface area contributed by atoms with E-state index in [1.165, 1.54) is 14.8 Å². The highest BCUT2D eigenvalue weighted by molar-refractivity contribution is 7.89. The van der Waals surface area contributed by atoms with Crippen LogP contribution in [0.15, 0.2) is 42.1 Å². The van der Waals surface area contributed by atoms with Crippen molar-refractivity contribution in [3.8, 4) is 0 Å². The normalized spacial score (nSPS) is 12.2. The molecule has 0 aliphatic rings. The van der Waals surface area contributed by atoms with E-state index in [-0.39, 0.29) is 16.7 Å². The van der Waals surface area contributed by atoms with Gasteiger partial charge in [0.1, 0.15) is 5.65 Å². The molecule has 2 heterocycles. The molecule has 0 atom stereocenters. The summed E-state index contributed by atoms with van der Waals surface area (Å²) < 4.78 is 27.9. The summed E-state index contributed by atoms with van der Waals surface area (Å²) in [5.74, 6) is 0. The zero-order valence-electron chi connectivity index (χ0n) is 10.5. The molecule has 0 spiro atoms. The lowest BCUT2D eigenvalue weighted by Gasteiger charge is -2.18. The highest BCUT2D eigenvalue weighted by Crippen LogP contribution is 2.25. The van der Waals surface area contributed by atoms with Gasteiger partial charge in [-0.05, 0) is 12.1 Å². The Morgan fingerprint density at radius 3 is 2.89 bits per heavy atom. The second kappa shape index (κ2) is 5.32. The highest BCUT2D eigenvalue weighted by Gasteiger charge is 2.29. The fourth-order valence-corrected chi connectivity index (χ4v) is 3.86. The molecule has 19 heavy (non-hydrogen) atoms. The minimum atomic E-state index is -3.70. The Bertz CT molecular complexity index is 709. The van der Waals surface area contributed by atoms with Crippen LogP contribution in [0.4, 0.5) is 0 Å². The van der Waals surface area contributed by atoms with Gasteiger partial charge in [0.25, 0.3) is 10.0 Å². The lowest BCUT2D eigenvalue weighted by atomic mass is 10.5. The van der Waals surface area contributed by atoms with Crippen LogP contribution < -0.4 is 0 Å². The maximum absolute atomic E-state index is 12.6. The van der Waals surface area contributed by atoms with Crippen molar-refractivity contribution in [1.29, 1.82) is 0 Å². The molecule has 102 valence electrons. The van der Waals surface area contributed by atoms with Crippen LogP contribution in [0.25, 0.3) is 5.65 Å². The van der Waals surface area contributed by atoms with Gasteiger partial charge in [-0.1, -0.05) is 30.7 Å². The molecule has 7 heteroatoms. The Kier molecular flexibility index (Phi) is 3.93. The summed E-state index contributed by atoms with van der Waals surface area (Å²) in [5.41, 5.74) is 0.501. The Balaban J connectivity index is 2.66. The average Bonchev–Trinajstić information content (AvgIpc) is 2.71. The summed E-state index contributed by atoms with van der Waals surface area (Å²) in [6.45, 7) is 5.90. The zero-order valence-corrected chi connectivity index (χ0v) is 12.0. The molecular weight excluding hydrogens is 286 g/mol. The molecule has 2 aromatic heterocycles. The van der Waals surface area contributed by atoms with Crippen LogP contribution in [0, 0.1) is 0 Å². The van der Waals surface area contributed by atoms with E-state index in [4.69, 9.17) is 11.6 Å². The standard InChI is InChI=1S/C12H14ClN3O2S/c1-3-8-15(4-2)19(17,18)12-11(13)14-10-7-5-6-9-16(10)12/h3,5-7,9H,1,4,8H2,2H3. The third-order valence-corrected chi connectivity index (χ3v) is 5.06. The molecule has 0 bridgehead atoms. The number of aromatic nitrogens is 2. The molecule has 0 saturated heterocycles. The van der Waals surface area contributed by atoms with E-state index in [1.54, 1.807) is 31.3 Å². The first kappa shape index (κ1) is 14.0. The van der Waals surface area contributed by atoms with E-state index in [1.807, 2.05) is 0 Å². The number of sulfonamides is 1. The van der Waals surface area contributed by atoms with Gasteiger partial charge in [-0.15, -0.1) is 6.58 Å². The topological polar surface area (TPSA) is 54.7 Å². The number of hydrogen-bond donors (Lipinski definition) is 0. The second-order valence-electron chi connectivity index (χ2n) is 3.88. The van der Waals surface area contributed by atoms with Crippen molar-refractivity contribution >= 4 is 27.3 Å². The molecule has 0 fully saturated rings. The van der Waals surface area contributed by atoms with Gasteiger partial charge in [0.2, 0.25) is 0 Å². The summed E-state index contributed by atoms with van der Waals surface area (Å²) in [6, 6.07) is 5.21. The van der Waals surface area contributed by atoms with Gasteiger partial charge in [-0.2, -0.15) is 4.31 Å². The average molecular weight is 300 g/mol. The van der Waals surface area contributed by atoms with Crippen LogP contribution in [0.2, 0.25) is 5.15 Å². The number of fused-ring (bicyclic) bond motifs is 1. The molecule has 2 aromatic rings. The molecule has 0 N–H and O–H groups in total. The van der Waals surface area contributed by atoms with Gasteiger partial charge in [-0.25, -0.2) is 13.4 Å². The van der Waals surface area contributed by atoms with Gasteiger partial charge in [0, 0.05) is 19.3 Å². The van der Waals surface area contributed by atoms with E-state index in [9.17, 15) is 8.42 Å². The van der Waals surface area contributed by atoms with Gasteiger partial charge in [-0.3, -0.25) is 4.40 Å². The fraction of sp³-hybridized carbons (Fsp3) is 0.250. The first-order valence-electron chi connectivity index (χ1n) is 5.76. The molecule has 0 aliphatic carbocycles. The number of hydrogen-bond acceptors (Lipinski definition) is 3. The van der Waals surface area contributed by atoms with Gasteiger partial charge in [0.15, 0.2) is 10.2 Å². The highest BCUT2D eigenvalue weighted by atomic mass is 35.5. The molecular formula is C12H14ClN3O2S. The van der Waals surface area contributed by atoms with Crippen molar-refractivity contribution in [2.24, 2.45) is 0 Å². The summed E-state index contributed by atoms with van der Waals surface area (Å²) in [4.78, 5) is 4.05. The van der Waals surface area contributed by atoms with E-state index < -0.39 is 10.0 Å². The third-order valence-electron chi connectivity index (χ3n) is 2.72. The molecule has 0 aliphatic heterocycles. The Labute approximate surface area is 117 Å². The predicted molar refractivity (Wildman–Crippen MR) is 74.8 cm³/mol. The summed E-state index contributed by atoms with van der Waals surface area (Å²) in [6.07, 6.45) is 3.17. The number of nitrogens with zero attached hydrogens (tertiary/aromatic N) is 3. The number of rotatable bonds is 5. The molecule has 0 radical (unpaired) electrons. The maximum Gasteiger partial charge on any atom is 0.262 e. The minimum absolute atomic E-state index is 0.00605. The van der Waals surface area contributed by atoms with E-state index in [2.05, 4.69) is 11.6 Å². The summed E-state index contributed by atoms with van der Waals surface area (Å²) in [7, 11) is -3.70. The van der Waals surface area contributed by atoms with Crippen molar-refractivity contribution in [3.05, 3.63) is 42.2 Å². The first-order valence-corrected chi connectivity index (χ1v) is 7.57. The number of pyridine rings is 1. The lowest BCUT2D eigenvalue weighted by Crippen LogP contribution is -2.32. The van der Waals surface area contributed by atoms with Crippen molar-refractivity contribution in [2.75, 3.05) is 13.1 Å². The third kappa shape index (κ3) is 2.39. The summed E-state index contributed by atoms with van der Waals surface area (Å²) >= 11 is 5.99.